The number of rotatable bonds is 5. The summed E-state index contributed by atoms with van der Waals surface area (Å²) in [6.07, 6.45) is -0.470. The topological polar surface area (TPSA) is 66.4 Å². The maximum Gasteiger partial charge on any atom is 0.243 e. The molecule has 1 rings (SSSR count). The van der Waals surface area contributed by atoms with E-state index in [2.05, 4.69) is 0 Å². The van der Waals surface area contributed by atoms with Gasteiger partial charge in [-0.3, -0.25) is 0 Å². The second-order valence-corrected chi connectivity index (χ2v) is 5.22. The van der Waals surface area contributed by atoms with Crippen molar-refractivity contribution in [2.45, 2.75) is 24.3 Å². The summed E-state index contributed by atoms with van der Waals surface area (Å²) in [5, 5.41) is 9.20. The van der Waals surface area contributed by atoms with Gasteiger partial charge in [-0.05, 0) is 18.6 Å². The molecule has 0 radical (unpaired) electrons. The summed E-state index contributed by atoms with van der Waals surface area (Å²) in [6, 6.07) is 2.18. The summed E-state index contributed by atoms with van der Waals surface area (Å²) in [5.74, 6) is -2.02. The van der Waals surface area contributed by atoms with E-state index in [1.165, 1.54) is 0 Å². The van der Waals surface area contributed by atoms with Gasteiger partial charge >= 0.3 is 0 Å². The zero-order valence-electron chi connectivity index (χ0n) is 9.15. The number of hydrogen-bond donors (Lipinski definition) is 2. The molecule has 0 aliphatic rings. The van der Waals surface area contributed by atoms with Gasteiger partial charge in [-0.15, -0.1) is 0 Å². The summed E-state index contributed by atoms with van der Waals surface area (Å²) in [6.45, 7) is 1.47. The van der Waals surface area contributed by atoms with Gasteiger partial charge in [0.15, 0.2) is 0 Å². The van der Waals surface area contributed by atoms with E-state index in [0.29, 0.717) is 12.5 Å². The van der Waals surface area contributed by atoms with Crippen molar-refractivity contribution in [1.29, 1.82) is 0 Å². The molecular weight excluding hydrogens is 252 g/mol. The van der Waals surface area contributed by atoms with Crippen LogP contribution in [0.15, 0.2) is 23.1 Å². The fraction of sp³-hybridized carbons (Fsp3) is 0.400. The molecule has 1 aromatic rings. The van der Waals surface area contributed by atoms with Crippen molar-refractivity contribution >= 4 is 10.0 Å². The maximum absolute atomic E-state index is 13.2. The van der Waals surface area contributed by atoms with E-state index in [1.807, 2.05) is 4.72 Å². The summed E-state index contributed by atoms with van der Waals surface area (Å²) >= 11 is 0. The highest BCUT2D eigenvalue weighted by molar-refractivity contribution is 7.89. The third-order valence-corrected chi connectivity index (χ3v) is 3.62. The third-order valence-electron chi connectivity index (χ3n) is 2.16. The van der Waals surface area contributed by atoms with Gasteiger partial charge in [0.2, 0.25) is 10.0 Å². The van der Waals surface area contributed by atoms with Crippen LogP contribution in [0.25, 0.3) is 0 Å². The van der Waals surface area contributed by atoms with Crippen LogP contribution in [0.4, 0.5) is 8.78 Å². The maximum atomic E-state index is 13.2. The zero-order valence-corrected chi connectivity index (χ0v) is 9.97. The Bertz CT molecular complexity index is 490. The van der Waals surface area contributed by atoms with Crippen LogP contribution in [0.1, 0.15) is 13.3 Å². The van der Waals surface area contributed by atoms with Crippen molar-refractivity contribution in [2.24, 2.45) is 0 Å². The van der Waals surface area contributed by atoms with E-state index in [-0.39, 0.29) is 6.54 Å². The minimum Gasteiger partial charge on any atom is -0.392 e. The van der Waals surface area contributed by atoms with Gasteiger partial charge in [0.1, 0.15) is 16.5 Å². The number of sulfonamides is 1. The minimum absolute atomic E-state index is 0.213. The van der Waals surface area contributed by atoms with Crippen LogP contribution in [0.5, 0.6) is 0 Å². The highest BCUT2D eigenvalue weighted by atomic mass is 32.2. The monoisotopic (exact) mass is 265 g/mol. The molecule has 0 bridgehead atoms. The molecule has 0 aromatic heterocycles. The fourth-order valence-electron chi connectivity index (χ4n) is 1.12. The van der Waals surface area contributed by atoms with Crippen molar-refractivity contribution in [2.75, 3.05) is 6.54 Å². The van der Waals surface area contributed by atoms with Gasteiger partial charge in [0, 0.05) is 12.6 Å². The third kappa shape index (κ3) is 3.72. The summed E-state index contributed by atoms with van der Waals surface area (Å²) in [4.78, 5) is -0.637. The second kappa shape index (κ2) is 5.52. The van der Waals surface area contributed by atoms with Crippen molar-refractivity contribution in [1.82, 2.24) is 4.72 Å². The SMILES string of the molecule is CCC(O)CNS(=O)(=O)c1ccc(F)cc1F. The molecule has 4 nitrogen and oxygen atoms in total. The van der Waals surface area contributed by atoms with E-state index >= 15 is 0 Å². The van der Waals surface area contributed by atoms with Gasteiger partial charge in [-0.1, -0.05) is 6.92 Å². The van der Waals surface area contributed by atoms with Gasteiger partial charge in [0.05, 0.1) is 6.10 Å². The highest BCUT2D eigenvalue weighted by Gasteiger charge is 2.19. The van der Waals surface area contributed by atoms with Crippen LogP contribution >= 0.6 is 0 Å². The molecule has 0 amide bonds. The molecule has 1 atom stereocenters. The number of nitrogens with one attached hydrogen (secondary N) is 1. The summed E-state index contributed by atoms with van der Waals surface area (Å²) in [5.41, 5.74) is 0. The molecule has 0 aliphatic carbocycles. The van der Waals surface area contributed by atoms with Gasteiger partial charge in [-0.2, -0.15) is 0 Å². The molecule has 96 valence electrons. The molecule has 1 aromatic carbocycles. The van der Waals surface area contributed by atoms with Crippen LogP contribution in [-0.4, -0.2) is 26.2 Å². The Kier molecular flexibility index (Phi) is 4.55. The lowest BCUT2D eigenvalue weighted by atomic mass is 10.3. The van der Waals surface area contributed by atoms with Crippen molar-refractivity contribution in [3.8, 4) is 0 Å². The average Bonchev–Trinajstić information content (AvgIpc) is 2.25. The van der Waals surface area contributed by atoms with E-state index < -0.39 is 32.7 Å². The Morgan fingerprint density at radius 3 is 2.59 bits per heavy atom. The van der Waals surface area contributed by atoms with Crippen LogP contribution in [0.2, 0.25) is 0 Å². The van der Waals surface area contributed by atoms with Gasteiger partial charge < -0.3 is 5.11 Å². The Balaban J connectivity index is 2.90. The Morgan fingerprint density at radius 1 is 1.41 bits per heavy atom. The molecular formula is C10H13F2NO3S. The quantitative estimate of drug-likeness (QED) is 0.835. The predicted octanol–water partition coefficient (Wildman–Crippen LogP) is 1.01. The Hall–Kier alpha value is -1.05. The summed E-state index contributed by atoms with van der Waals surface area (Å²) in [7, 11) is -4.06. The molecule has 0 spiro atoms. The highest BCUT2D eigenvalue weighted by Crippen LogP contribution is 2.15. The first-order valence-corrected chi connectivity index (χ1v) is 6.48. The normalized spacial score (nSPS) is 13.6. The van der Waals surface area contributed by atoms with E-state index in [1.54, 1.807) is 6.92 Å². The molecule has 0 aliphatic heterocycles. The van der Waals surface area contributed by atoms with Crippen molar-refractivity contribution in [3.63, 3.8) is 0 Å². The first kappa shape index (κ1) is 14.0. The standard InChI is InChI=1S/C10H13F2NO3S/c1-2-8(14)6-13-17(15,16)10-4-3-7(11)5-9(10)12/h3-5,8,13-14H,2,6H2,1H3. The number of halogens is 2. The number of aliphatic hydroxyl groups is 1. The van der Waals surface area contributed by atoms with E-state index in [0.717, 1.165) is 12.1 Å². The van der Waals surface area contributed by atoms with Crippen LogP contribution < -0.4 is 4.72 Å². The summed E-state index contributed by atoms with van der Waals surface area (Å²) < 4.78 is 51.1. The fourth-order valence-corrected chi connectivity index (χ4v) is 2.25. The zero-order chi connectivity index (χ0) is 13.1. The Morgan fingerprint density at radius 2 is 2.06 bits per heavy atom. The van der Waals surface area contributed by atoms with E-state index in [4.69, 9.17) is 0 Å². The second-order valence-electron chi connectivity index (χ2n) is 3.49. The molecule has 0 heterocycles. The lowest BCUT2D eigenvalue weighted by molar-refractivity contribution is 0.174. The van der Waals surface area contributed by atoms with Crippen molar-refractivity contribution in [3.05, 3.63) is 29.8 Å². The van der Waals surface area contributed by atoms with Crippen LogP contribution in [0.3, 0.4) is 0 Å². The van der Waals surface area contributed by atoms with Crippen LogP contribution in [0, 0.1) is 11.6 Å². The van der Waals surface area contributed by atoms with E-state index in [9.17, 15) is 22.3 Å². The lowest BCUT2D eigenvalue weighted by Gasteiger charge is -2.10. The van der Waals surface area contributed by atoms with Gasteiger partial charge in [0.25, 0.3) is 0 Å². The molecule has 1 unspecified atom stereocenters. The molecule has 0 fully saturated rings. The first-order valence-electron chi connectivity index (χ1n) is 4.99. The number of aliphatic hydroxyl groups excluding tert-OH is 1. The molecule has 0 saturated carbocycles. The first-order chi connectivity index (χ1) is 7.86. The molecule has 17 heavy (non-hydrogen) atoms. The molecule has 0 saturated heterocycles. The smallest absolute Gasteiger partial charge is 0.243 e. The molecule has 7 heteroatoms. The lowest BCUT2D eigenvalue weighted by Crippen LogP contribution is -2.32. The average molecular weight is 265 g/mol. The largest absolute Gasteiger partial charge is 0.392 e. The Labute approximate surface area is 98.3 Å². The number of benzene rings is 1. The predicted molar refractivity (Wildman–Crippen MR) is 57.8 cm³/mol. The van der Waals surface area contributed by atoms with Crippen molar-refractivity contribution < 1.29 is 22.3 Å². The van der Waals surface area contributed by atoms with Crippen LogP contribution in [-0.2, 0) is 10.0 Å². The molecule has 2 N–H and O–H groups in total. The number of hydrogen-bond acceptors (Lipinski definition) is 3. The minimum atomic E-state index is -4.06. The van der Waals surface area contributed by atoms with Gasteiger partial charge in [-0.25, -0.2) is 21.9 Å².